The monoisotopic (exact) mass is 468 g/mol. The third kappa shape index (κ3) is 4.08. The van der Waals surface area contributed by atoms with Crippen LogP contribution in [0.15, 0.2) is 12.3 Å². The first-order valence-electron chi connectivity index (χ1n) is 12.0. The van der Waals surface area contributed by atoms with Crippen molar-refractivity contribution in [2.45, 2.75) is 89.9 Å². The summed E-state index contributed by atoms with van der Waals surface area (Å²) in [6.07, 6.45) is 6.87. The van der Waals surface area contributed by atoms with Gasteiger partial charge in [0.05, 0.1) is 10.5 Å². The summed E-state index contributed by atoms with van der Waals surface area (Å²) in [4.78, 5) is 38.8. The third-order valence-electron chi connectivity index (χ3n) is 7.26. The van der Waals surface area contributed by atoms with Gasteiger partial charge in [0.15, 0.2) is 10.8 Å². The Labute approximate surface area is 198 Å². The first-order chi connectivity index (χ1) is 15.6. The van der Waals surface area contributed by atoms with Gasteiger partial charge < -0.3 is 15.3 Å². The van der Waals surface area contributed by atoms with Crippen LogP contribution >= 0.6 is 11.3 Å². The highest BCUT2D eigenvalue weighted by Gasteiger charge is 2.46. The van der Waals surface area contributed by atoms with E-state index in [1.807, 2.05) is 17.9 Å². The van der Waals surface area contributed by atoms with E-state index in [0.29, 0.717) is 23.5 Å². The number of hydrogen-bond acceptors (Lipinski definition) is 7. The fourth-order valence-corrected chi connectivity index (χ4v) is 6.80. The zero-order valence-electron chi connectivity index (χ0n) is 19.7. The molecule has 0 radical (unpaired) electrons. The third-order valence-corrected chi connectivity index (χ3v) is 8.37. The highest BCUT2D eigenvalue weighted by Crippen LogP contribution is 2.43. The average Bonchev–Trinajstić information content (AvgIpc) is 3.45. The Morgan fingerprint density at radius 1 is 1.21 bits per heavy atom. The van der Waals surface area contributed by atoms with Crippen LogP contribution < -0.4 is 5.32 Å². The van der Waals surface area contributed by atoms with Crippen LogP contribution in [-0.4, -0.2) is 55.4 Å². The number of fused-ring (bicyclic) bond motifs is 2. The van der Waals surface area contributed by atoms with Gasteiger partial charge in [0, 0.05) is 35.8 Å². The number of aromatic nitrogens is 2. The second-order valence-corrected chi connectivity index (χ2v) is 11.5. The van der Waals surface area contributed by atoms with Gasteiger partial charge in [-0.1, -0.05) is 0 Å². The topological polar surface area (TPSA) is 95.4 Å². The lowest BCUT2D eigenvalue weighted by Gasteiger charge is -2.39. The number of carbonyl (C=O) groups is 2. The number of rotatable bonds is 6. The number of anilines is 1. The number of carbonyl (C=O) groups excluding carboxylic acids is 2. The lowest BCUT2D eigenvalue weighted by molar-refractivity contribution is -0.0468. The first kappa shape index (κ1) is 22.5. The molecule has 5 rings (SSSR count). The molecule has 33 heavy (non-hydrogen) atoms. The summed E-state index contributed by atoms with van der Waals surface area (Å²) < 4.78 is 0. The van der Waals surface area contributed by atoms with E-state index in [0.717, 1.165) is 47.5 Å². The summed E-state index contributed by atoms with van der Waals surface area (Å²) in [5.74, 6) is 0.422. The number of aliphatic hydroxyl groups is 1. The quantitative estimate of drug-likeness (QED) is 0.609. The predicted octanol–water partition coefficient (Wildman–Crippen LogP) is 4.44. The maximum absolute atomic E-state index is 13.7. The molecule has 2 bridgehead atoms. The molecule has 4 heterocycles. The molecule has 8 heteroatoms. The van der Waals surface area contributed by atoms with Gasteiger partial charge in [0.25, 0.3) is 5.91 Å². The summed E-state index contributed by atoms with van der Waals surface area (Å²) in [6, 6.07) is 2.82. The smallest absolute Gasteiger partial charge is 0.274 e. The summed E-state index contributed by atoms with van der Waals surface area (Å²) in [5, 5.41) is 13.8. The number of ketones is 1. The molecule has 176 valence electrons. The number of aryl methyl sites for hydroxylation is 1. The summed E-state index contributed by atoms with van der Waals surface area (Å²) >= 11 is 1.29. The van der Waals surface area contributed by atoms with Crippen molar-refractivity contribution in [1.82, 2.24) is 14.9 Å². The molecule has 1 amide bonds. The van der Waals surface area contributed by atoms with E-state index in [2.05, 4.69) is 29.1 Å². The molecular weight excluding hydrogens is 436 g/mol. The Morgan fingerprint density at radius 3 is 2.39 bits per heavy atom. The molecule has 2 aromatic heterocycles. The van der Waals surface area contributed by atoms with E-state index in [9.17, 15) is 14.7 Å². The fourth-order valence-electron chi connectivity index (χ4n) is 5.65. The first-order valence-corrected chi connectivity index (χ1v) is 12.8. The highest BCUT2D eigenvalue weighted by atomic mass is 32.1. The number of nitrogens with one attached hydrogen (secondary N) is 1. The Balaban J connectivity index is 1.52. The summed E-state index contributed by atoms with van der Waals surface area (Å²) in [5.41, 5.74) is 1.42. The maximum Gasteiger partial charge on any atom is 0.274 e. The molecule has 1 saturated carbocycles. The molecule has 2 N–H and O–H groups in total. The van der Waals surface area contributed by atoms with Gasteiger partial charge in [-0.3, -0.25) is 9.59 Å². The van der Waals surface area contributed by atoms with E-state index < -0.39 is 5.60 Å². The van der Waals surface area contributed by atoms with Crippen molar-refractivity contribution >= 4 is 28.8 Å². The van der Waals surface area contributed by atoms with Crippen LogP contribution in [0.1, 0.15) is 85.2 Å². The molecule has 7 nitrogen and oxygen atoms in total. The predicted molar refractivity (Wildman–Crippen MR) is 129 cm³/mol. The molecule has 3 aliphatic rings. The number of thiazole rings is 1. The Bertz CT molecular complexity index is 1080. The van der Waals surface area contributed by atoms with Crippen LogP contribution in [0.3, 0.4) is 0 Å². The van der Waals surface area contributed by atoms with Crippen LogP contribution in [0.4, 0.5) is 5.82 Å². The lowest BCUT2D eigenvalue weighted by atomic mass is 9.70. The van der Waals surface area contributed by atoms with E-state index in [-0.39, 0.29) is 35.7 Å². The van der Waals surface area contributed by atoms with Gasteiger partial charge in [-0.25, -0.2) is 9.97 Å². The van der Waals surface area contributed by atoms with Crippen LogP contribution in [0, 0.1) is 12.8 Å². The van der Waals surface area contributed by atoms with Gasteiger partial charge in [0.1, 0.15) is 11.5 Å². The highest BCUT2D eigenvalue weighted by molar-refractivity contribution is 7.17. The SMILES string of the molecule is Cc1cc(NC(C)C)ncc1-c1sc(C(=O)C2CC(C)(O)C2)nc1C(=O)N1C2CCC1CC2. The molecule has 0 aromatic carbocycles. The molecule has 2 saturated heterocycles. The van der Waals surface area contributed by atoms with Gasteiger partial charge in [-0.05, 0) is 77.8 Å². The Kier molecular flexibility index (Phi) is 5.56. The summed E-state index contributed by atoms with van der Waals surface area (Å²) in [6.45, 7) is 7.88. The van der Waals surface area contributed by atoms with Gasteiger partial charge in [-0.2, -0.15) is 0 Å². The van der Waals surface area contributed by atoms with Crippen molar-refractivity contribution in [3.8, 4) is 10.4 Å². The number of hydrogen-bond donors (Lipinski definition) is 2. The lowest BCUT2D eigenvalue weighted by Crippen LogP contribution is -2.44. The molecule has 2 aromatic rings. The number of nitrogens with zero attached hydrogens (tertiary/aromatic N) is 3. The Morgan fingerprint density at radius 2 is 1.85 bits per heavy atom. The molecule has 3 fully saturated rings. The molecule has 2 aliphatic heterocycles. The van der Waals surface area contributed by atoms with Crippen LogP contribution in [0.25, 0.3) is 10.4 Å². The van der Waals surface area contributed by atoms with Crippen molar-refractivity contribution < 1.29 is 14.7 Å². The fraction of sp³-hybridized carbons (Fsp3) is 0.600. The van der Waals surface area contributed by atoms with Gasteiger partial charge >= 0.3 is 0 Å². The average molecular weight is 469 g/mol. The van der Waals surface area contributed by atoms with Gasteiger partial charge in [0.2, 0.25) is 0 Å². The minimum atomic E-state index is -0.784. The van der Waals surface area contributed by atoms with E-state index in [1.165, 1.54) is 11.3 Å². The van der Waals surface area contributed by atoms with E-state index >= 15 is 0 Å². The molecule has 0 spiro atoms. The second-order valence-electron chi connectivity index (χ2n) is 10.5. The van der Waals surface area contributed by atoms with Crippen molar-refractivity contribution in [3.05, 3.63) is 28.5 Å². The normalized spacial score (nSPS) is 28.3. The van der Waals surface area contributed by atoms with Crippen molar-refractivity contribution in [3.63, 3.8) is 0 Å². The number of amides is 1. The number of Topliss-reactive ketones (excluding diaryl/α,β-unsaturated/α-hetero) is 1. The number of pyridine rings is 1. The van der Waals surface area contributed by atoms with E-state index in [4.69, 9.17) is 0 Å². The van der Waals surface area contributed by atoms with Crippen LogP contribution in [-0.2, 0) is 0 Å². The molecular formula is C25H32N4O3S. The van der Waals surface area contributed by atoms with Crippen molar-refractivity contribution in [2.75, 3.05) is 5.32 Å². The standard InChI is InChI=1S/C25H32N4O3S/c1-13(2)27-19-9-14(3)18(12-26-19)22-20(24(31)29-16-5-6-17(29)8-7-16)28-23(33-22)21(30)15-10-25(4,32)11-15/h9,12-13,15-17,32H,5-8,10-11H2,1-4H3,(H,26,27). The van der Waals surface area contributed by atoms with Crippen LogP contribution in [0.2, 0.25) is 0 Å². The second kappa shape index (κ2) is 8.17. The summed E-state index contributed by atoms with van der Waals surface area (Å²) in [7, 11) is 0. The Hall–Kier alpha value is -2.32. The van der Waals surface area contributed by atoms with Crippen molar-refractivity contribution in [2.24, 2.45) is 5.92 Å². The van der Waals surface area contributed by atoms with Crippen molar-refractivity contribution in [1.29, 1.82) is 0 Å². The zero-order chi connectivity index (χ0) is 23.5. The van der Waals surface area contributed by atoms with E-state index in [1.54, 1.807) is 13.1 Å². The van der Waals surface area contributed by atoms with Crippen LogP contribution in [0.5, 0.6) is 0 Å². The van der Waals surface area contributed by atoms with Gasteiger partial charge in [-0.15, -0.1) is 11.3 Å². The molecule has 1 aliphatic carbocycles. The molecule has 0 unspecified atom stereocenters. The maximum atomic E-state index is 13.7. The molecule has 0 atom stereocenters. The largest absolute Gasteiger partial charge is 0.390 e. The minimum Gasteiger partial charge on any atom is -0.390 e. The zero-order valence-corrected chi connectivity index (χ0v) is 20.5. The minimum absolute atomic E-state index is 0.0605.